The lowest BCUT2D eigenvalue weighted by Crippen LogP contribution is -2.31. The van der Waals surface area contributed by atoms with Crippen molar-refractivity contribution in [2.24, 2.45) is 0 Å². The minimum atomic E-state index is -1.10. The number of nitrogens with one attached hydrogen (secondary N) is 1. The monoisotopic (exact) mass is 393 g/mol. The Morgan fingerprint density at radius 2 is 1.75 bits per heavy atom. The molecule has 2 aromatic carbocycles. The predicted molar refractivity (Wildman–Crippen MR) is 97.5 cm³/mol. The number of carbonyl (C=O) groups is 2. The van der Waals surface area contributed by atoms with Crippen LogP contribution in [0, 0.1) is 25.5 Å². The molecule has 2 rings (SSSR count). The topological polar surface area (TPSA) is 84.9 Å². The number of ether oxygens (including phenoxy) is 2. The molecule has 150 valence electrons. The van der Waals surface area contributed by atoms with Gasteiger partial charge in [0.2, 0.25) is 0 Å². The number of halogens is 2. The summed E-state index contributed by atoms with van der Waals surface area (Å²) in [5, 5.41) is 11.5. The summed E-state index contributed by atoms with van der Waals surface area (Å²) < 4.78 is 37.0. The van der Waals surface area contributed by atoms with Crippen molar-refractivity contribution in [2.45, 2.75) is 19.9 Å². The van der Waals surface area contributed by atoms with E-state index in [1.807, 2.05) is 0 Å². The Hall–Kier alpha value is -3.00. The molecule has 1 atom stereocenters. The molecule has 0 heterocycles. The summed E-state index contributed by atoms with van der Waals surface area (Å²) in [5.74, 6) is -3.14. The molecule has 28 heavy (non-hydrogen) atoms. The number of aryl methyl sites for hydroxylation is 2. The average Bonchev–Trinajstić information content (AvgIpc) is 2.62. The zero-order valence-electron chi connectivity index (χ0n) is 15.7. The van der Waals surface area contributed by atoms with Gasteiger partial charge >= 0.3 is 5.97 Å². The number of carboxylic acids is 1. The van der Waals surface area contributed by atoms with Crippen LogP contribution >= 0.6 is 0 Å². The first-order valence-electron chi connectivity index (χ1n) is 8.43. The van der Waals surface area contributed by atoms with Crippen LogP contribution in [0.3, 0.4) is 0 Å². The van der Waals surface area contributed by atoms with Gasteiger partial charge in [-0.25, -0.2) is 13.6 Å². The first kappa shape index (κ1) is 21.3. The molecule has 0 aliphatic heterocycles. The van der Waals surface area contributed by atoms with Gasteiger partial charge in [-0.2, -0.15) is 0 Å². The lowest BCUT2D eigenvalue weighted by molar-refractivity contribution is -0.139. The van der Waals surface area contributed by atoms with Crippen LogP contribution in [-0.2, 0) is 9.53 Å². The molecule has 0 saturated heterocycles. The summed E-state index contributed by atoms with van der Waals surface area (Å²) in [6.07, 6.45) is 0. The van der Waals surface area contributed by atoms with E-state index in [4.69, 9.17) is 14.6 Å². The zero-order valence-corrected chi connectivity index (χ0v) is 15.7. The van der Waals surface area contributed by atoms with Crippen LogP contribution in [0.4, 0.5) is 8.78 Å². The molecule has 2 N–H and O–H groups in total. The Morgan fingerprint density at radius 3 is 2.29 bits per heavy atom. The van der Waals surface area contributed by atoms with Crippen LogP contribution in [-0.4, -0.2) is 37.3 Å². The fourth-order valence-electron chi connectivity index (χ4n) is 2.80. The summed E-state index contributed by atoms with van der Waals surface area (Å²) >= 11 is 0. The number of benzene rings is 2. The van der Waals surface area contributed by atoms with E-state index >= 15 is 0 Å². The minimum absolute atomic E-state index is 0.0641. The van der Waals surface area contributed by atoms with Gasteiger partial charge in [-0.05, 0) is 54.8 Å². The van der Waals surface area contributed by atoms with E-state index in [1.54, 1.807) is 26.0 Å². The van der Waals surface area contributed by atoms with Crippen molar-refractivity contribution in [1.29, 1.82) is 0 Å². The number of aliphatic carboxylic acids is 1. The van der Waals surface area contributed by atoms with Gasteiger partial charge in [-0.15, -0.1) is 0 Å². The molecular weight excluding hydrogens is 372 g/mol. The van der Waals surface area contributed by atoms with E-state index in [0.29, 0.717) is 28.0 Å². The second-order valence-electron chi connectivity index (χ2n) is 6.28. The van der Waals surface area contributed by atoms with Gasteiger partial charge in [0.25, 0.3) is 5.91 Å². The Morgan fingerprint density at radius 1 is 1.11 bits per heavy atom. The molecule has 0 aromatic heterocycles. The van der Waals surface area contributed by atoms with E-state index in [-0.39, 0.29) is 6.61 Å². The largest absolute Gasteiger partial charge is 0.481 e. The SMILES string of the molecule is COCC(NC(=O)c1cc(C)c(OCC(=O)O)c(C)c1)c1ccc(F)c(F)c1. The van der Waals surface area contributed by atoms with Crippen molar-refractivity contribution in [1.82, 2.24) is 5.32 Å². The molecule has 2 aromatic rings. The van der Waals surface area contributed by atoms with Crippen LogP contribution in [0.15, 0.2) is 30.3 Å². The average molecular weight is 393 g/mol. The van der Waals surface area contributed by atoms with Crippen molar-refractivity contribution in [3.05, 3.63) is 64.2 Å². The molecule has 0 bridgehead atoms. The van der Waals surface area contributed by atoms with Crippen molar-refractivity contribution in [2.75, 3.05) is 20.3 Å². The highest BCUT2D eigenvalue weighted by Gasteiger charge is 2.19. The molecule has 8 heteroatoms. The maximum atomic E-state index is 13.5. The maximum Gasteiger partial charge on any atom is 0.341 e. The number of carbonyl (C=O) groups excluding carboxylic acids is 1. The van der Waals surface area contributed by atoms with Gasteiger partial charge in [0.1, 0.15) is 5.75 Å². The molecule has 0 saturated carbocycles. The standard InChI is InChI=1S/C20H21F2NO5/c1-11-6-14(7-12(2)19(11)28-10-18(24)25)20(26)23-17(9-27-3)13-4-5-15(21)16(22)8-13/h4-8,17H,9-10H2,1-3H3,(H,23,26)(H,24,25). The number of methoxy groups -OCH3 is 1. The van der Waals surface area contributed by atoms with Crippen LogP contribution in [0.1, 0.15) is 33.1 Å². The summed E-state index contributed by atoms with van der Waals surface area (Å²) in [5.41, 5.74) is 1.88. The van der Waals surface area contributed by atoms with Crippen LogP contribution in [0.25, 0.3) is 0 Å². The van der Waals surface area contributed by atoms with E-state index < -0.39 is 36.2 Å². The molecule has 0 aliphatic carbocycles. The Labute approximate surface area is 161 Å². The van der Waals surface area contributed by atoms with E-state index in [0.717, 1.165) is 12.1 Å². The second-order valence-corrected chi connectivity index (χ2v) is 6.28. The lowest BCUT2D eigenvalue weighted by Gasteiger charge is -2.19. The highest BCUT2D eigenvalue weighted by molar-refractivity contribution is 5.95. The fraction of sp³-hybridized carbons (Fsp3) is 0.300. The van der Waals surface area contributed by atoms with Crippen LogP contribution in [0.5, 0.6) is 5.75 Å². The maximum absolute atomic E-state index is 13.5. The zero-order chi connectivity index (χ0) is 20.8. The summed E-state index contributed by atoms with van der Waals surface area (Å²) in [7, 11) is 1.43. The van der Waals surface area contributed by atoms with E-state index in [1.165, 1.54) is 13.2 Å². The lowest BCUT2D eigenvalue weighted by atomic mass is 10.0. The highest BCUT2D eigenvalue weighted by atomic mass is 19.2. The molecule has 1 unspecified atom stereocenters. The third kappa shape index (κ3) is 5.26. The fourth-order valence-corrected chi connectivity index (χ4v) is 2.80. The first-order valence-corrected chi connectivity index (χ1v) is 8.43. The number of rotatable bonds is 8. The van der Waals surface area contributed by atoms with Gasteiger partial charge < -0.3 is 19.9 Å². The van der Waals surface area contributed by atoms with Gasteiger partial charge in [0.15, 0.2) is 18.2 Å². The highest BCUT2D eigenvalue weighted by Crippen LogP contribution is 2.25. The van der Waals surface area contributed by atoms with E-state index in [9.17, 15) is 18.4 Å². The Kier molecular flexibility index (Phi) is 7.06. The van der Waals surface area contributed by atoms with Crippen LogP contribution < -0.4 is 10.1 Å². The second kappa shape index (κ2) is 9.27. The van der Waals surface area contributed by atoms with Gasteiger partial charge in [0.05, 0.1) is 12.6 Å². The number of carboxylic acid groups (broad SMARTS) is 1. The number of hydrogen-bond acceptors (Lipinski definition) is 4. The van der Waals surface area contributed by atoms with Gasteiger partial charge in [-0.1, -0.05) is 6.07 Å². The molecular formula is C20H21F2NO5. The molecule has 0 spiro atoms. The number of amides is 1. The van der Waals surface area contributed by atoms with Crippen molar-refractivity contribution in [3.63, 3.8) is 0 Å². The third-order valence-electron chi connectivity index (χ3n) is 4.05. The first-order chi connectivity index (χ1) is 13.2. The molecule has 6 nitrogen and oxygen atoms in total. The Bertz CT molecular complexity index is 862. The van der Waals surface area contributed by atoms with Crippen LogP contribution in [0.2, 0.25) is 0 Å². The third-order valence-corrected chi connectivity index (χ3v) is 4.05. The molecule has 0 radical (unpaired) electrons. The predicted octanol–water partition coefficient (Wildman–Crippen LogP) is 3.16. The molecule has 0 fully saturated rings. The van der Waals surface area contributed by atoms with Crippen molar-refractivity contribution in [3.8, 4) is 5.75 Å². The minimum Gasteiger partial charge on any atom is -0.481 e. The quantitative estimate of drug-likeness (QED) is 0.720. The van der Waals surface area contributed by atoms with Gasteiger partial charge in [-0.3, -0.25) is 4.79 Å². The van der Waals surface area contributed by atoms with Crippen molar-refractivity contribution >= 4 is 11.9 Å². The Balaban J connectivity index is 2.23. The number of hydrogen-bond donors (Lipinski definition) is 2. The summed E-state index contributed by atoms with van der Waals surface area (Å²) in [4.78, 5) is 23.3. The molecule has 0 aliphatic rings. The summed E-state index contributed by atoms with van der Waals surface area (Å²) in [6, 6.07) is 5.82. The summed E-state index contributed by atoms with van der Waals surface area (Å²) in [6.45, 7) is 2.97. The smallest absolute Gasteiger partial charge is 0.341 e. The normalized spacial score (nSPS) is 11.8. The van der Waals surface area contributed by atoms with Gasteiger partial charge in [0, 0.05) is 12.7 Å². The van der Waals surface area contributed by atoms with Crippen molar-refractivity contribution < 1.29 is 33.0 Å². The molecule has 1 amide bonds. The van der Waals surface area contributed by atoms with E-state index in [2.05, 4.69) is 5.32 Å².